The summed E-state index contributed by atoms with van der Waals surface area (Å²) in [4.78, 5) is 13.9. The van der Waals surface area contributed by atoms with Crippen LogP contribution < -0.4 is 10.1 Å². The van der Waals surface area contributed by atoms with Gasteiger partial charge in [0, 0.05) is 18.7 Å². The highest BCUT2D eigenvalue weighted by Crippen LogP contribution is 2.31. The number of fused-ring (bicyclic) bond motifs is 1. The third-order valence-electron chi connectivity index (χ3n) is 3.13. The van der Waals surface area contributed by atoms with E-state index < -0.39 is 0 Å². The summed E-state index contributed by atoms with van der Waals surface area (Å²) in [5.74, 6) is 0.857. The largest absolute Gasteiger partial charge is 0.491 e. The fourth-order valence-corrected chi connectivity index (χ4v) is 2.18. The average molecular weight is 260 g/mol. The number of benzene rings is 1. The fourth-order valence-electron chi connectivity index (χ4n) is 2.18. The topological polar surface area (TPSA) is 41.6 Å². The molecule has 1 aromatic rings. The van der Waals surface area contributed by atoms with Gasteiger partial charge in [0.25, 0.3) is 0 Å². The molecule has 2 rings (SSSR count). The first kappa shape index (κ1) is 13.5. The van der Waals surface area contributed by atoms with Crippen LogP contribution in [0.5, 0.6) is 5.75 Å². The highest BCUT2D eigenvalue weighted by Gasteiger charge is 2.26. The monoisotopic (exact) mass is 260 g/mol. The molecule has 1 heterocycles. The van der Waals surface area contributed by atoms with Crippen LogP contribution in [0, 0.1) is 0 Å². The standard InChI is InChI=1S/C15H20N2O2/c1-4-17(9-11(2)3)15(18)16-13-10-19-14-8-6-5-7-12(13)14/h5-8,13H,2,4,9-10H2,1,3H3,(H,16,18). The van der Waals surface area contributed by atoms with E-state index in [-0.39, 0.29) is 12.1 Å². The summed E-state index contributed by atoms with van der Waals surface area (Å²) in [6.07, 6.45) is 0. The van der Waals surface area contributed by atoms with E-state index in [1.54, 1.807) is 4.90 Å². The number of urea groups is 1. The van der Waals surface area contributed by atoms with E-state index in [1.165, 1.54) is 0 Å². The summed E-state index contributed by atoms with van der Waals surface area (Å²) >= 11 is 0. The molecule has 1 aromatic carbocycles. The van der Waals surface area contributed by atoms with E-state index in [2.05, 4.69) is 11.9 Å². The Morgan fingerprint density at radius 3 is 2.95 bits per heavy atom. The van der Waals surface area contributed by atoms with Crippen LogP contribution in [0.4, 0.5) is 4.79 Å². The number of ether oxygens (including phenoxy) is 1. The second-order valence-corrected chi connectivity index (χ2v) is 4.82. The second kappa shape index (κ2) is 5.78. The minimum atomic E-state index is -0.0733. The van der Waals surface area contributed by atoms with Crippen molar-refractivity contribution in [3.05, 3.63) is 42.0 Å². The summed E-state index contributed by atoms with van der Waals surface area (Å²) in [6, 6.07) is 7.66. The molecule has 19 heavy (non-hydrogen) atoms. The van der Waals surface area contributed by atoms with Crippen LogP contribution in [0.15, 0.2) is 36.4 Å². The number of likely N-dealkylation sites (N-methyl/N-ethyl adjacent to an activating group) is 1. The molecule has 1 N–H and O–H groups in total. The summed E-state index contributed by atoms with van der Waals surface area (Å²) < 4.78 is 5.56. The lowest BCUT2D eigenvalue weighted by Gasteiger charge is -2.23. The van der Waals surface area contributed by atoms with Gasteiger partial charge in [0.05, 0.1) is 6.04 Å². The van der Waals surface area contributed by atoms with Crippen molar-refractivity contribution in [2.45, 2.75) is 19.9 Å². The SMILES string of the molecule is C=C(C)CN(CC)C(=O)NC1COc2ccccc21. The zero-order valence-corrected chi connectivity index (χ0v) is 11.5. The van der Waals surface area contributed by atoms with Crippen molar-refractivity contribution in [1.29, 1.82) is 0 Å². The van der Waals surface area contributed by atoms with Crippen molar-refractivity contribution in [3.63, 3.8) is 0 Å². The van der Waals surface area contributed by atoms with Crippen LogP contribution >= 0.6 is 0 Å². The molecule has 1 aliphatic heterocycles. The Hall–Kier alpha value is -1.97. The lowest BCUT2D eigenvalue weighted by Crippen LogP contribution is -2.42. The molecule has 0 fully saturated rings. The summed E-state index contributed by atoms with van der Waals surface area (Å²) in [5, 5.41) is 3.01. The smallest absolute Gasteiger partial charge is 0.318 e. The van der Waals surface area contributed by atoms with Crippen LogP contribution in [0.3, 0.4) is 0 Å². The number of rotatable bonds is 4. The quantitative estimate of drug-likeness (QED) is 0.846. The van der Waals surface area contributed by atoms with E-state index >= 15 is 0 Å². The van der Waals surface area contributed by atoms with Crippen molar-refractivity contribution in [2.75, 3.05) is 19.7 Å². The predicted octanol–water partition coefficient (Wildman–Crippen LogP) is 2.73. The van der Waals surface area contributed by atoms with Crippen molar-refractivity contribution in [1.82, 2.24) is 10.2 Å². The molecule has 102 valence electrons. The molecule has 1 unspecified atom stereocenters. The lowest BCUT2D eigenvalue weighted by atomic mass is 10.1. The summed E-state index contributed by atoms with van der Waals surface area (Å²) in [6.45, 7) is 9.46. The molecule has 0 bridgehead atoms. The molecule has 0 aromatic heterocycles. The van der Waals surface area contributed by atoms with Gasteiger partial charge in [-0.3, -0.25) is 0 Å². The number of carbonyl (C=O) groups is 1. The van der Waals surface area contributed by atoms with Gasteiger partial charge in [0.1, 0.15) is 12.4 Å². The molecular formula is C15H20N2O2. The summed E-state index contributed by atoms with van der Waals surface area (Å²) in [7, 11) is 0. The molecule has 0 saturated carbocycles. The van der Waals surface area contributed by atoms with Gasteiger partial charge < -0.3 is 15.0 Å². The molecule has 1 aliphatic rings. The van der Waals surface area contributed by atoms with Crippen LogP contribution in [-0.4, -0.2) is 30.6 Å². The number of nitrogens with zero attached hydrogens (tertiary/aromatic N) is 1. The van der Waals surface area contributed by atoms with E-state index in [0.717, 1.165) is 16.9 Å². The second-order valence-electron chi connectivity index (χ2n) is 4.82. The van der Waals surface area contributed by atoms with E-state index in [0.29, 0.717) is 19.7 Å². The van der Waals surface area contributed by atoms with Gasteiger partial charge in [-0.15, -0.1) is 0 Å². The first-order valence-electron chi connectivity index (χ1n) is 6.53. The molecule has 0 radical (unpaired) electrons. The molecule has 1 atom stereocenters. The van der Waals surface area contributed by atoms with Crippen LogP contribution in [0.2, 0.25) is 0 Å². The highest BCUT2D eigenvalue weighted by atomic mass is 16.5. The number of hydrogen-bond acceptors (Lipinski definition) is 2. The Labute approximate surface area is 114 Å². The van der Waals surface area contributed by atoms with E-state index in [1.807, 2.05) is 38.1 Å². The minimum absolute atomic E-state index is 0.0668. The molecule has 4 heteroatoms. The molecule has 4 nitrogen and oxygen atoms in total. The molecule has 2 amide bonds. The minimum Gasteiger partial charge on any atom is -0.491 e. The van der Waals surface area contributed by atoms with Gasteiger partial charge in [0.15, 0.2) is 0 Å². The highest BCUT2D eigenvalue weighted by molar-refractivity contribution is 5.75. The predicted molar refractivity (Wildman–Crippen MR) is 75.3 cm³/mol. The van der Waals surface area contributed by atoms with E-state index in [9.17, 15) is 4.79 Å². The Balaban J connectivity index is 2.02. The molecular weight excluding hydrogens is 240 g/mol. The van der Waals surface area contributed by atoms with Gasteiger partial charge in [-0.1, -0.05) is 30.4 Å². The van der Waals surface area contributed by atoms with Gasteiger partial charge in [-0.25, -0.2) is 4.79 Å². The number of carbonyl (C=O) groups excluding carboxylic acids is 1. The zero-order chi connectivity index (χ0) is 13.8. The average Bonchev–Trinajstić information content (AvgIpc) is 2.79. The Morgan fingerprint density at radius 2 is 2.26 bits per heavy atom. The maximum atomic E-state index is 12.2. The molecule has 0 spiro atoms. The number of para-hydroxylation sites is 1. The van der Waals surface area contributed by atoms with Crippen molar-refractivity contribution in [3.8, 4) is 5.75 Å². The lowest BCUT2D eigenvalue weighted by molar-refractivity contribution is 0.197. The Morgan fingerprint density at radius 1 is 1.53 bits per heavy atom. The van der Waals surface area contributed by atoms with Crippen LogP contribution in [0.25, 0.3) is 0 Å². The van der Waals surface area contributed by atoms with E-state index in [4.69, 9.17) is 4.74 Å². The van der Waals surface area contributed by atoms with Crippen molar-refractivity contribution < 1.29 is 9.53 Å². The van der Waals surface area contributed by atoms with Gasteiger partial charge in [-0.05, 0) is 19.9 Å². The number of nitrogens with one attached hydrogen (secondary N) is 1. The van der Waals surface area contributed by atoms with Gasteiger partial charge in [0.2, 0.25) is 0 Å². The maximum absolute atomic E-state index is 12.2. The van der Waals surface area contributed by atoms with Crippen molar-refractivity contribution >= 4 is 6.03 Å². The number of amides is 2. The maximum Gasteiger partial charge on any atom is 0.318 e. The Bertz CT molecular complexity index is 485. The summed E-state index contributed by atoms with van der Waals surface area (Å²) in [5.41, 5.74) is 2.02. The fraction of sp³-hybridized carbons (Fsp3) is 0.400. The van der Waals surface area contributed by atoms with Crippen molar-refractivity contribution in [2.24, 2.45) is 0 Å². The molecule has 0 saturated heterocycles. The first-order valence-corrected chi connectivity index (χ1v) is 6.53. The third-order valence-corrected chi connectivity index (χ3v) is 3.13. The third kappa shape index (κ3) is 3.08. The van der Waals surface area contributed by atoms with Gasteiger partial charge in [-0.2, -0.15) is 0 Å². The number of hydrogen-bond donors (Lipinski definition) is 1. The first-order chi connectivity index (χ1) is 9.11. The normalized spacial score (nSPS) is 16.4. The molecule has 0 aliphatic carbocycles. The van der Waals surface area contributed by atoms with Crippen LogP contribution in [0.1, 0.15) is 25.5 Å². The van der Waals surface area contributed by atoms with Gasteiger partial charge >= 0.3 is 6.03 Å². The zero-order valence-electron chi connectivity index (χ0n) is 11.5. The van der Waals surface area contributed by atoms with Crippen LogP contribution in [-0.2, 0) is 0 Å². The Kier molecular flexibility index (Phi) is 4.10.